The molecule has 8 heteroatoms. The van der Waals surface area contributed by atoms with Crippen LogP contribution in [0.2, 0.25) is 0 Å². The van der Waals surface area contributed by atoms with Crippen LogP contribution in [0.4, 0.5) is 18.9 Å². The standard InChI is InChI=1S/C19H13F3N2O2S/c20-11-1-4-13(5-2-11)26-10-17-23-15-7-8-24(19(25)18(15)27-17)16-6-3-12(21)9-14(16)22/h1-6,9H,7-8,10H2. The first-order chi connectivity index (χ1) is 13.0. The fourth-order valence-electron chi connectivity index (χ4n) is 2.85. The summed E-state index contributed by atoms with van der Waals surface area (Å²) in [6, 6.07) is 8.73. The summed E-state index contributed by atoms with van der Waals surface area (Å²) in [4.78, 5) is 18.9. The van der Waals surface area contributed by atoms with Gasteiger partial charge in [0.25, 0.3) is 5.91 Å². The first kappa shape index (κ1) is 17.5. The van der Waals surface area contributed by atoms with Crippen molar-refractivity contribution in [2.45, 2.75) is 13.0 Å². The Hall–Kier alpha value is -2.87. The lowest BCUT2D eigenvalue weighted by molar-refractivity contribution is 0.0983. The van der Waals surface area contributed by atoms with Gasteiger partial charge in [0.1, 0.15) is 39.7 Å². The number of ether oxygens (including phenoxy) is 1. The minimum absolute atomic E-state index is 0.0459. The summed E-state index contributed by atoms with van der Waals surface area (Å²) in [6.07, 6.45) is 0.463. The van der Waals surface area contributed by atoms with Crippen LogP contribution >= 0.6 is 11.3 Å². The molecule has 4 nitrogen and oxygen atoms in total. The predicted octanol–water partition coefficient (Wildman–Crippen LogP) is 4.34. The molecule has 0 spiro atoms. The van der Waals surface area contributed by atoms with Crippen LogP contribution in [0, 0.1) is 17.5 Å². The van der Waals surface area contributed by atoms with Gasteiger partial charge in [-0.05, 0) is 36.4 Å². The lowest BCUT2D eigenvalue weighted by Gasteiger charge is -2.26. The van der Waals surface area contributed by atoms with Crippen molar-refractivity contribution >= 4 is 22.9 Å². The maximum Gasteiger partial charge on any atom is 0.270 e. The SMILES string of the molecule is O=C1c2sc(COc3ccc(F)cc3)nc2CCN1c1ccc(F)cc1F. The van der Waals surface area contributed by atoms with Crippen molar-refractivity contribution in [1.82, 2.24) is 4.98 Å². The van der Waals surface area contributed by atoms with Crippen LogP contribution in [0.1, 0.15) is 20.4 Å². The van der Waals surface area contributed by atoms with Crippen LogP contribution in [0.15, 0.2) is 42.5 Å². The third-order valence-electron chi connectivity index (χ3n) is 4.13. The summed E-state index contributed by atoms with van der Waals surface area (Å²) in [7, 11) is 0. The zero-order valence-electron chi connectivity index (χ0n) is 13.9. The van der Waals surface area contributed by atoms with E-state index in [2.05, 4.69) is 4.98 Å². The highest BCUT2D eigenvalue weighted by molar-refractivity contribution is 7.14. The Morgan fingerprint density at radius 1 is 1.07 bits per heavy atom. The van der Waals surface area contributed by atoms with Crippen LogP contribution < -0.4 is 9.64 Å². The number of carbonyl (C=O) groups is 1. The van der Waals surface area contributed by atoms with E-state index in [1.807, 2.05) is 0 Å². The first-order valence-corrected chi connectivity index (χ1v) is 8.97. The molecule has 4 rings (SSSR count). The molecule has 2 heterocycles. The molecule has 0 aliphatic carbocycles. The Balaban J connectivity index is 1.52. The number of benzene rings is 2. The molecule has 1 amide bonds. The van der Waals surface area contributed by atoms with E-state index in [4.69, 9.17) is 4.74 Å². The van der Waals surface area contributed by atoms with Gasteiger partial charge >= 0.3 is 0 Å². The number of nitrogens with zero attached hydrogens (tertiary/aromatic N) is 2. The molecule has 3 aromatic rings. The van der Waals surface area contributed by atoms with Crippen LogP contribution in [-0.4, -0.2) is 17.4 Å². The van der Waals surface area contributed by atoms with Crippen molar-refractivity contribution in [2.75, 3.05) is 11.4 Å². The Morgan fingerprint density at radius 2 is 1.81 bits per heavy atom. The van der Waals surface area contributed by atoms with E-state index in [1.54, 1.807) is 0 Å². The van der Waals surface area contributed by atoms with Gasteiger partial charge in [-0.2, -0.15) is 0 Å². The molecule has 2 aromatic carbocycles. The number of anilines is 1. The van der Waals surface area contributed by atoms with Crippen molar-refractivity contribution < 1.29 is 22.7 Å². The number of hydrogen-bond donors (Lipinski definition) is 0. The van der Waals surface area contributed by atoms with Gasteiger partial charge in [-0.3, -0.25) is 4.79 Å². The highest BCUT2D eigenvalue weighted by Crippen LogP contribution is 2.30. The molecule has 0 saturated heterocycles. The number of amides is 1. The fraction of sp³-hybridized carbons (Fsp3) is 0.158. The molecule has 27 heavy (non-hydrogen) atoms. The lowest BCUT2D eigenvalue weighted by atomic mass is 10.1. The second-order valence-electron chi connectivity index (χ2n) is 5.93. The molecule has 0 bridgehead atoms. The summed E-state index contributed by atoms with van der Waals surface area (Å²) >= 11 is 1.18. The topological polar surface area (TPSA) is 42.4 Å². The molecule has 1 aromatic heterocycles. The van der Waals surface area contributed by atoms with Gasteiger partial charge in [-0.1, -0.05) is 0 Å². The van der Waals surface area contributed by atoms with Gasteiger partial charge in [0.05, 0.1) is 11.4 Å². The van der Waals surface area contributed by atoms with Gasteiger partial charge in [0, 0.05) is 19.0 Å². The molecule has 1 aliphatic rings. The van der Waals surface area contributed by atoms with Gasteiger partial charge in [0.2, 0.25) is 0 Å². The second kappa shape index (κ2) is 7.03. The lowest BCUT2D eigenvalue weighted by Crippen LogP contribution is -2.37. The Morgan fingerprint density at radius 3 is 2.56 bits per heavy atom. The molecular formula is C19H13F3N2O2S. The van der Waals surface area contributed by atoms with E-state index in [-0.39, 0.29) is 30.6 Å². The van der Waals surface area contributed by atoms with E-state index in [0.29, 0.717) is 27.7 Å². The maximum atomic E-state index is 14.0. The zero-order valence-corrected chi connectivity index (χ0v) is 14.7. The van der Waals surface area contributed by atoms with Crippen LogP contribution in [0.5, 0.6) is 5.75 Å². The number of aromatic nitrogens is 1. The first-order valence-electron chi connectivity index (χ1n) is 8.15. The largest absolute Gasteiger partial charge is 0.486 e. The molecule has 0 unspecified atom stereocenters. The van der Waals surface area contributed by atoms with Crippen molar-refractivity contribution in [1.29, 1.82) is 0 Å². The number of thiazole rings is 1. The van der Waals surface area contributed by atoms with Crippen LogP contribution in [0.25, 0.3) is 0 Å². The minimum atomic E-state index is -0.781. The van der Waals surface area contributed by atoms with Gasteiger partial charge < -0.3 is 9.64 Å². The summed E-state index contributed by atoms with van der Waals surface area (Å²) in [5.74, 6) is -1.71. The van der Waals surface area contributed by atoms with Gasteiger partial charge in [0.15, 0.2) is 0 Å². The molecule has 0 N–H and O–H groups in total. The fourth-order valence-corrected chi connectivity index (χ4v) is 3.82. The maximum absolute atomic E-state index is 14.0. The van der Waals surface area contributed by atoms with Crippen molar-refractivity contribution in [3.8, 4) is 5.75 Å². The summed E-state index contributed by atoms with van der Waals surface area (Å²) in [6.45, 7) is 0.401. The third-order valence-corrected chi connectivity index (χ3v) is 5.19. The smallest absolute Gasteiger partial charge is 0.270 e. The van der Waals surface area contributed by atoms with E-state index in [0.717, 1.165) is 12.1 Å². The molecule has 0 fully saturated rings. The number of hydrogen-bond acceptors (Lipinski definition) is 4. The van der Waals surface area contributed by atoms with Crippen molar-refractivity contribution in [3.05, 3.63) is 75.5 Å². The normalized spacial score (nSPS) is 13.6. The molecule has 138 valence electrons. The molecule has 1 aliphatic heterocycles. The monoisotopic (exact) mass is 390 g/mol. The van der Waals surface area contributed by atoms with E-state index in [1.165, 1.54) is 46.6 Å². The van der Waals surface area contributed by atoms with Gasteiger partial charge in [-0.25, -0.2) is 18.2 Å². The quantitative estimate of drug-likeness (QED) is 0.666. The number of carbonyl (C=O) groups excluding carboxylic acids is 1. The molecule has 0 saturated carbocycles. The highest BCUT2D eigenvalue weighted by Gasteiger charge is 2.30. The van der Waals surface area contributed by atoms with Crippen LogP contribution in [0.3, 0.4) is 0 Å². The highest BCUT2D eigenvalue weighted by atomic mass is 32.1. The number of rotatable bonds is 4. The average Bonchev–Trinajstić information content (AvgIpc) is 3.06. The summed E-state index contributed by atoms with van der Waals surface area (Å²) < 4.78 is 45.6. The molecular weight excluding hydrogens is 377 g/mol. The van der Waals surface area contributed by atoms with E-state index >= 15 is 0 Å². The average molecular weight is 390 g/mol. The molecule has 0 radical (unpaired) electrons. The minimum Gasteiger partial charge on any atom is -0.486 e. The Kier molecular flexibility index (Phi) is 4.57. The van der Waals surface area contributed by atoms with Gasteiger partial charge in [-0.15, -0.1) is 11.3 Å². The number of fused-ring (bicyclic) bond motifs is 1. The van der Waals surface area contributed by atoms with Crippen molar-refractivity contribution in [3.63, 3.8) is 0 Å². The third kappa shape index (κ3) is 3.52. The summed E-state index contributed by atoms with van der Waals surface area (Å²) in [5, 5.41) is 0.596. The zero-order chi connectivity index (χ0) is 19.0. The second-order valence-corrected chi connectivity index (χ2v) is 7.01. The Bertz CT molecular complexity index is 1000. The van der Waals surface area contributed by atoms with E-state index in [9.17, 15) is 18.0 Å². The Labute approximate surface area is 156 Å². The molecule has 0 atom stereocenters. The van der Waals surface area contributed by atoms with Crippen molar-refractivity contribution in [2.24, 2.45) is 0 Å². The van der Waals surface area contributed by atoms with E-state index < -0.39 is 11.6 Å². The number of halogens is 3. The summed E-state index contributed by atoms with van der Waals surface area (Å²) in [5.41, 5.74) is 0.686. The van der Waals surface area contributed by atoms with Crippen LogP contribution in [-0.2, 0) is 13.0 Å². The predicted molar refractivity (Wildman–Crippen MR) is 94.6 cm³/mol.